The zero-order chi connectivity index (χ0) is 23.4. The number of fused-ring (bicyclic) bond motifs is 3. The van der Waals surface area contributed by atoms with Gasteiger partial charge in [0.05, 0.1) is 0 Å². The third-order valence-corrected chi connectivity index (χ3v) is 6.78. The Bertz CT molecular complexity index is 1110. The monoisotopic (exact) mass is 474 g/mol. The van der Waals surface area contributed by atoms with Gasteiger partial charge in [0.25, 0.3) is 0 Å². The average molecular weight is 474 g/mol. The molecule has 2 aromatic rings. The van der Waals surface area contributed by atoms with Crippen molar-refractivity contribution in [2.75, 3.05) is 0 Å². The summed E-state index contributed by atoms with van der Waals surface area (Å²) in [6.07, 6.45) is -9.20. The SMILES string of the molecule is O=c1oc2cc(O)c(OP(=O)(O)OC3[C@H](O)[C@H](O)C(O)[C@H](O)[C@H]3O)cc2c2c1CCCC2. The molecule has 7 atom stereocenters. The number of phosphoric ester groups is 1. The predicted molar refractivity (Wildman–Crippen MR) is 106 cm³/mol. The maximum absolute atomic E-state index is 12.5. The lowest BCUT2D eigenvalue weighted by Crippen LogP contribution is -2.64. The minimum atomic E-state index is -5.15. The zero-order valence-electron chi connectivity index (χ0n) is 16.6. The van der Waals surface area contributed by atoms with Crippen LogP contribution in [0.25, 0.3) is 11.0 Å². The molecular weight excluding hydrogens is 451 g/mol. The minimum Gasteiger partial charge on any atom is -0.504 e. The van der Waals surface area contributed by atoms with Crippen LogP contribution in [0.15, 0.2) is 21.3 Å². The summed E-state index contributed by atoms with van der Waals surface area (Å²) >= 11 is 0. The Morgan fingerprint density at radius 1 is 0.906 bits per heavy atom. The highest BCUT2D eigenvalue weighted by Gasteiger charge is 2.51. The number of aliphatic hydroxyl groups excluding tert-OH is 5. The van der Waals surface area contributed by atoms with Gasteiger partial charge in [0.1, 0.15) is 42.2 Å². The van der Waals surface area contributed by atoms with E-state index < -0.39 is 61.6 Å². The molecule has 0 radical (unpaired) electrons. The van der Waals surface area contributed by atoms with E-state index in [1.165, 1.54) is 6.07 Å². The summed E-state index contributed by atoms with van der Waals surface area (Å²) in [5, 5.41) is 59.7. The molecule has 12 nitrogen and oxygen atoms in total. The molecule has 1 saturated carbocycles. The Hall–Kier alpha value is -2.02. The molecule has 1 heterocycles. The maximum atomic E-state index is 12.5. The summed E-state index contributed by atoms with van der Waals surface area (Å²) in [4.78, 5) is 22.3. The third kappa shape index (κ3) is 4.04. The molecule has 0 aliphatic heterocycles. The molecule has 1 aromatic carbocycles. The van der Waals surface area contributed by atoms with Gasteiger partial charge in [-0.05, 0) is 37.3 Å². The molecule has 1 aromatic heterocycles. The van der Waals surface area contributed by atoms with E-state index in [1.807, 2.05) is 0 Å². The zero-order valence-corrected chi connectivity index (χ0v) is 17.5. The van der Waals surface area contributed by atoms with E-state index in [4.69, 9.17) is 13.5 Å². The fraction of sp³-hybridized carbons (Fsp3) is 0.526. The van der Waals surface area contributed by atoms with E-state index in [0.29, 0.717) is 29.4 Å². The van der Waals surface area contributed by atoms with Gasteiger partial charge >= 0.3 is 13.4 Å². The Kier molecular flexibility index (Phi) is 6.07. The number of phenols is 1. The largest absolute Gasteiger partial charge is 0.528 e. The highest BCUT2D eigenvalue weighted by Crippen LogP contribution is 2.50. The number of rotatable bonds is 4. The van der Waals surface area contributed by atoms with Crippen molar-refractivity contribution < 1.29 is 53.6 Å². The van der Waals surface area contributed by atoms with E-state index in [2.05, 4.69) is 0 Å². The van der Waals surface area contributed by atoms with Crippen LogP contribution in [0.5, 0.6) is 11.5 Å². The van der Waals surface area contributed by atoms with E-state index in [9.17, 15) is 44.9 Å². The summed E-state index contributed by atoms with van der Waals surface area (Å²) < 4.78 is 27.5. The molecule has 0 amide bonds. The fourth-order valence-corrected chi connectivity index (χ4v) is 5.15. The van der Waals surface area contributed by atoms with Crippen LogP contribution in [-0.4, -0.2) is 72.2 Å². The predicted octanol–water partition coefficient (Wildman–Crippen LogP) is -0.940. The highest BCUT2D eigenvalue weighted by molar-refractivity contribution is 7.47. The van der Waals surface area contributed by atoms with E-state index >= 15 is 0 Å². The van der Waals surface area contributed by atoms with Crippen molar-refractivity contribution in [1.29, 1.82) is 0 Å². The summed E-state index contributed by atoms with van der Waals surface area (Å²) in [6, 6.07) is 2.26. The lowest BCUT2D eigenvalue weighted by atomic mass is 9.85. The van der Waals surface area contributed by atoms with Crippen molar-refractivity contribution in [3.8, 4) is 11.5 Å². The molecule has 2 aliphatic rings. The number of aliphatic hydroxyl groups is 5. The molecule has 32 heavy (non-hydrogen) atoms. The second kappa shape index (κ2) is 8.40. The molecule has 1 fully saturated rings. The van der Waals surface area contributed by atoms with Crippen molar-refractivity contribution >= 4 is 18.8 Å². The van der Waals surface area contributed by atoms with Crippen LogP contribution in [-0.2, 0) is 21.9 Å². The highest BCUT2D eigenvalue weighted by atomic mass is 31.2. The van der Waals surface area contributed by atoms with Gasteiger partial charge in [-0.15, -0.1) is 0 Å². The smallest absolute Gasteiger partial charge is 0.504 e. The van der Waals surface area contributed by atoms with E-state index in [0.717, 1.165) is 18.9 Å². The molecule has 176 valence electrons. The Labute approximate surface area is 180 Å². The van der Waals surface area contributed by atoms with Gasteiger partial charge in [0, 0.05) is 17.0 Å². The van der Waals surface area contributed by atoms with Gasteiger partial charge in [-0.1, -0.05) is 0 Å². The molecule has 0 bridgehead atoms. The summed E-state index contributed by atoms with van der Waals surface area (Å²) in [6.45, 7) is 0. The quantitative estimate of drug-likeness (QED) is 0.212. The minimum absolute atomic E-state index is 0.0625. The first-order valence-corrected chi connectivity index (χ1v) is 11.4. The number of hydrogen-bond donors (Lipinski definition) is 7. The lowest BCUT2D eigenvalue weighted by Gasteiger charge is -2.41. The van der Waals surface area contributed by atoms with Gasteiger partial charge in [0.15, 0.2) is 11.5 Å². The number of benzene rings is 1. The van der Waals surface area contributed by atoms with Crippen LogP contribution in [0.4, 0.5) is 0 Å². The van der Waals surface area contributed by atoms with Gasteiger partial charge in [-0.2, -0.15) is 0 Å². The van der Waals surface area contributed by atoms with Crippen LogP contribution >= 0.6 is 7.82 Å². The summed E-state index contributed by atoms with van der Waals surface area (Å²) in [7, 11) is -5.15. The maximum Gasteiger partial charge on any atom is 0.528 e. The molecule has 3 unspecified atom stereocenters. The first kappa shape index (κ1) is 23.1. The first-order valence-electron chi connectivity index (χ1n) is 9.93. The number of phenolic OH excluding ortho intramolecular Hbond substituents is 1. The standard InChI is InChI=1S/C19H23O12P/c20-10-6-11-9(7-3-1-2-4-8(7)19(26)29-11)5-12(10)30-32(27,28)31-18-16(24)14(22)13(21)15(23)17(18)25/h5-6,13-18,20-25H,1-4H2,(H,27,28)/t13?,14-,15+,16-,17-,18?/m1/s1. The fourth-order valence-electron chi connectivity index (χ4n) is 4.15. The molecule has 4 rings (SSSR count). The van der Waals surface area contributed by atoms with E-state index in [-0.39, 0.29) is 5.58 Å². The van der Waals surface area contributed by atoms with E-state index in [1.54, 1.807) is 0 Å². The van der Waals surface area contributed by atoms with Crippen molar-refractivity contribution in [3.63, 3.8) is 0 Å². The second-order valence-corrected chi connectivity index (χ2v) is 9.28. The third-order valence-electron chi connectivity index (χ3n) is 5.84. The van der Waals surface area contributed by atoms with Crippen molar-refractivity contribution in [2.45, 2.75) is 62.3 Å². The second-order valence-electron chi connectivity index (χ2n) is 7.95. The first-order chi connectivity index (χ1) is 15.0. The Morgan fingerprint density at radius 2 is 1.47 bits per heavy atom. The normalized spacial score (nSPS) is 32.3. The van der Waals surface area contributed by atoms with Crippen molar-refractivity contribution in [3.05, 3.63) is 33.7 Å². The molecular formula is C19H23O12P. The van der Waals surface area contributed by atoms with Crippen LogP contribution in [0, 0.1) is 0 Å². The average Bonchev–Trinajstić information content (AvgIpc) is 2.75. The summed E-state index contributed by atoms with van der Waals surface area (Å²) in [5.41, 5.74) is 0.710. The lowest BCUT2D eigenvalue weighted by molar-refractivity contribution is -0.219. The molecule has 7 N–H and O–H groups in total. The van der Waals surface area contributed by atoms with Gasteiger partial charge in [-0.3, -0.25) is 9.42 Å². The number of aryl methyl sites for hydroxylation is 1. The molecule has 2 aliphatic carbocycles. The van der Waals surface area contributed by atoms with Crippen molar-refractivity contribution in [2.24, 2.45) is 0 Å². The number of phosphoric acid groups is 1. The number of hydrogen-bond acceptors (Lipinski definition) is 11. The van der Waals surface area contributed by atoms with Gasteiger partial charge in [0.2, 0.25) is 0 Å². The Morgan fingerprint density at radius 3 is 2.09 bits per heavy atom. The van der Waals surface area contributed by atoms with Gasteiger partial charge < -0.3 is 39.6 Å². The Balaban J connectivity index is 1.65. The van der Waals surface area contributed by atoms with Crippen LogP contribution in [0.3, 0.4) is 0 Å². The summed E-state index contributed by atoms with van der Waals surface area (Å²) in [5.74, 6) is -1.14. The van der Waals surface area contributed by atoms with Crippen LogP contribution in [0.1, 0.15) is 24.0 Å². The van der Waals surface area contributed by atoms with Crippen LogP contribution < -0.4 is 10.1 Å². The van der Waals surface area contributed by atoms with Crippen molar-refractivity contribution in [1.82, 2.24) is 0 Å². The topological polar surface area (TPSA) is 207 Å². The molecule has 0 saturated heterocycles. The number of aromatic hydroxyl groups is 1. The van der Waals surface area contributed by atoms with Crippen LogP contribution in [0.2, 0.25) is 0 Å². The molecule has 13 heteroatoms. The van der Waals surface area contributed by atoms with Gasteiger partial charge in [-0.25, -0.2) is 9.36 Å². The molecule has 0 spiro atoms.